The molecule has 2 unspecified atom stereocenters. The van der Waals surface area contributed by atoms with Crippen LogP contribution in [0, 0.1) is 11.7 Å². The van der Waals surface area contributed by atoms with Crippen molar-refractivity contribution in [3.8, 4) is 0 Å². The van der Waals surface area contributed by atoms with Gasteiger partial charge in [-0.05, 0) is 36.1 Å². The molecular weight excluding hydrogens is 331 g/mol. The third-order valence-electron chi connectivity index (χ3n) is 5.22. The van der Waals surface area contributed by atoms with Crippen molar-refractivity contribution in [3.63, 3.8) is 0 Å². The highest BCUT2D eigenvalue weighted by molar-refractivity contribution is 5.80. The Morgan fingerprint density at radius 3 is 2.50 bits per heavy atom. The molecule has 4 nitrogen and oxygen atoms in total. The van der Waals surface area contributed by atoms with Gasteiger partial charge in [-0.1, -0.05) is 49.4 Å². The Bertz CT molecular complexity index is 745. The molecule has 0 aliphatic carbocycles. The average Bonchev–Trinajstić information content (AvgIpc) is 2.68. The Kier molecular flexibility index (Phi) is 5.69. The number of hydrogen-bond donors (Lipinski definition) is 2. The molecule has 0 radical (unpaired) electrons. The summed E-state index contributed by atoms with van der Waals surface area (Å²) in [5.41, 5.74) is 7.37. The van der Waals surface area contributed by atoms with Gasteiger partial charge in [-0.15, -0.1) is 0 Å². The van der Waals surface area contributed by atoms with Gasteiger partial charge in [0.2, 0.25) is 5.91 Å². The number of rotatable bonds is 5. The molecule has 0 aromatic heterocycles. The maximum Gasteiger partial charge on any atom is 0.225 e. The average molecular weight is 356 g/mol. The van der Waals surface area contributed by atoms with Crippen LogP contribution in [0.5, 0.6) is 0 Å². The first-order valence-electron chi connectivity index (χ1n) is 8.98. The lowest BCUT2D eigenvalue weighted by atomic mass is 9.81. The molecule has 2 aromatic rings. The minimum atomic E-state index is -0.623. The molecule has 138 valence electrons. The third-order valence-corrected chi connectivity index (χ3v) is 5.22. The molecule has 0 saturated carbocycles. The third kappa shape index (κ3) is 3.94. The van der Waals surface area contributed by atoms with Crippen molar-refractivity contribution in [2.45, 2.75) is 31.3 Å². The highest BCUT2D eigenvalue weighted by atomic mass is 19.1. The quantitative estimate of drug-likeness (QED) is 0.864. The molecule has 2 atom stereocenters. The van der Waals surface area contributed by atoms with Gasteiger partial charge in [-0.25, -0.2) is 4.39 Å². The summed E-state index contributed by atoms with van der Waals surface area (Å²) in [6.45, 7) is 2.87. The van der Waals surface area contributed by atoms with Crippen LogP contribution in [0.1, 0.15) is 36.9 Å². The van der Waals surface area contributed by atoms with Gasteiger partial charge in [0.05, 0.1) is 11.5 Å². The standard InChI is InChI=1S/C21H25FN2O2/c1-15(19(23)16-6-3-2-4-7-16)20(25)24-21(10-12-26-13-11-21)17-8-5-9-18(22)14-17/h2-9,14-15,19H,10-13,23H2,1H3,(H,24,25). The van der Waals surface area contributed by atoms with Gasteiger partial charge in [0.25, 0.3) is 0 Å². The van der Waals surface area contributed by atoms with Crippen LogP contribution in [-0.4, -0.2) is 19.1 Å². The first kappa shape index (κ1) is 18.5. The van der Waals surface area contributed by atoms with E-state index < -0.39 is 17.5 Å². The summed E-state index contributed by atoms with van der Waals surface area (Å²) in [5.74, 6) is -0.852. The fraction of sp³-hybridized carbons (Fsp3) is 0.381. The zero-order valence-corrected chi connectivity index (χ0v) is 15.0. The van der Waals surface area contributed by atoms with E-state index in [-0.39, 0.29) is 11.7 Å². The molecule has 5 heteroatoms. The smallest absolute Gasteiger partial charge is 0.225 e. The molecular formula is C21H25FN2O2. The number of benzene rings is 2. The van der Waals surface area contributed by atoms with E-state index in [1.54, 1.807) is 6.07 Å². The number of carbonyl (C=O) groups excluding carboxylic acids is 1. The summed E-state index contributed by atoms with van der Waals surface area (Å²) >= 11 is 0. The lowest BCUT2D eigenvalue weighted by molar-refractivity contribution is -0.128. The van der Waals surface area contributed by atoms with Crippen molar-refractivity contribution in [1.82, 2.24) is 5.32 Å². The number of nitrogens with one attached hydrogen (secondary N) is 1. The van der Waals surface area contributed by atoms with Gasteiger partial charge >= 0.3 is 0 Å². The zero-order chi connectivity index (χ0) is 18.6. The number of halogens is 1. The Labute approximate surface area is 153 Å². The number of ether oxygens (including phenoxy) is 1. The van der Waals surface area contributed by atoms with Crippen molar-refractivity contribution in [2.24, 2.45) is 11.7 Å². The van der Waals surface area contributed by atoms with E-state index in [1.165, 1.54) is 12.1 Å². The number of amides is 1. The van der Waals surface area contributed by atoms with Crippen LogP contribution in [0.2, 0.25) is 0 Å². The molecule has 3 rings (SSSR count). The normalized spacial score (nSPS) is 18.7. The van der Waals surface area contributed by atoms with E-state index in [9.17, 15) is 9.18 Å². The van der Waals surface area contributed by atoms with Gasteiger partial charge in [0.1, 0.15) is 5.82 Å². The van der Waals surface area contributed by atoms with E-state index in [1.807, 2.05) is 43.3 Å². The number of nitrogens with two attached hydrogens (primary N) is 1. The summed E-state index contributed by atoms with van der Waals surface area (Å²) in [4.78, 5) is 13.0. The number of carbonyl (C=O) groups is 1. The molecule has 3 N–H and O–H groups in total. The summed E-state index contributed by atoms with van der Waals surface area (Å²) in [5, 5.41) is 3.16. The second kappa shape index (κ2) is 7.98. The Balaban J connectivity index is 1.81. The second-order valence-electron chi connectivity index (χ2n) is 6.92. The minimum Gasteiger partial charge on any atom is -0.381 e. The van der Waals surface area contributed by atoms with Crippen molar-refractivity contribution in [2.75, 3.05) is 13.2 Å². The maximum atomic E-state index is 13.8. The minimum absolute atomic E-state index is 0.132. The lowest BCUT2D eigenvalue weighted by Crippen LogP contribution is -2.52. The van der Waals surface area contributed by atoms with Crippen LogP contribution >= 0.6 is 0 Å². The highest BCUT2D eigenvalue weighted by Crippen LogP contribution is 2.33. The maximum absolute atomic E-state index is 13.8. The molecule has 1 aliphatic rings. The summed E-state index contributed by atoms with van der Waals surface area (Å²) < 4.78 is 19.2. The predicted octanol–water partition coefficient (Wildman–Crippen LogP) is 3.28. The first-order chi connectivity index (χ1) is 12.5. The van der Waals surface area contributed by atoms with Crippen LogP contribution in [-0.2, 0) is 15.1 Å². The Morgan fingerprint density at radius 2 is 1.85 bits per heavy atom. The van der Waals surface area contributed by atoms with Crippen LogP contribution in [0.15, 0.2) is 54.6 Å². The second-order valence-corrected chi connectivity index (χ2v) is 6.92. The van der Waals surface area contributed by atoms with Crippen LogP contribution < -0.4 is 11.1 Å². The molecule has 2 aromatic carbocycles. The fourth-order valence-electron chi connectivity index (χ4n) is 3.47. The first-order valence-corrected chi connectivity index (χ1v) is 8.98. The van der Waals surface area contributed by atoms with E-state index in [0.717, 1.165) is 11.1 Å². The monoisotopic (exact) mass is 356 g/mol. The Hall–Kier alpha value is -2.24. The van der Waals surface area contributed by atoms with Gasteiger partial charge in [-0.3, -0.25) is 4.79 Å². The van der Waals surface area contributed by atoms with Crippen molar-refractivity contribution in [1.29, 1.82) is 0 Å². The molecule has 1 fully saturated rings. The Morgan fingerprint density at radius 1 is 1.15 bits per heavy atom. The summed E-state index contributed by atoms with van der Waals surface area (Å²) in [7, 11) is 0. The molecule has 26 heavy (non-hydrogen) atoms. The van der Waals surface area contributed by atoms with Gasteiger partial charge in [0.15, 0.2) is 0 Å². The number of hydrogen-bond acceptors (Lipinski definition) is 3. The SMILES string of the molecule is CC(C(=O)NC1(c2cccc(F)c2)CCOCC1)C(N)c1ccccc1. The van der Waals surface area contributed by atoms with Gasteiger partial charge < -0.3 is 15.8 Å². The van der Waals surface area contributed by atoms with Gasteiger partial charge in [0, 0.05) is 19.3 Å². The molecule has 0 spiro atoms. The summed E-state index contributed by atoms with van der Waals surface area (Å²) in [6.07, 6.45) is 1.21. The predicted molar refractivity (Wildman–Crippen MR) is 98.8 cm³/mol. The molecule has 1 amide bonds. The van der Waals surface area contributed by atoms with Crippen LogP contribution in [0.25, 0.3) is 0 Å². The van der Waals surface area contributed by atoms with Gasteiger partial charge in [-0.2, -0.15) is 0 Å². The highest BCUT2D eigenvalue weighted by Gasteiger charge is 2.38. The van der Waals surface area contributed by atoms with Crippen molar-refractivity contribution >= 4 is 5.91 Å². The summed E-state index contributed by atoms with van der Waals surface area (Å²) in [6, 6.07) is 15.6. The van der Waals surface area contributed by atoms with E-state index in [0.29, 0.717) is 26.1 Å². The van der Waals surface area contributed by atoms with E-state index in [2.05, 4.69) is 5.32 Å². The molecule has 0 bridgehead atoms. The fourth-order valence-corrected chi connectivity index (χ4v) is 3.47. The molecule has 1 saturated heterocycles. The van der Waals surface area contributed by atoms with Crippen molar-refractivity contribution in [3.05, 3.63) is 71.5 Å². The molecule has 1 aliphatic heterocycles. The van der Waals surface area contributed by atoms with E-state index >= 15 is 0 Å². The van der Waals surface area contributed by atoms with Crippen LogP contribution in [0.3, 0.4) is 0 Å². The lowest BCUT2D eigenvalue weighted by Gasteiger charge is -2.39. The zero-order valence-electron chi connectivity index (χ0n) is 15.0. The van der Waals surface area contributed by atoms with Crippen LogP contribution in [0.4, 0.5) is 4.39 Å². The topological polar surface area (TPSA) is 64.3 Å². The largest absolute Gasteiger partial charge is 0.381 e. The molecule has 1 heterocycles. The van der Waals surface area contributed by atoms with Crippen molar-refractivity contribution < 1.29 is 13.9 Å². The van der Waals surface area contributed by atoms with E-state index in [4.69, 9.17) is 10.5 Å².